The van der Waals surface area contributed by atoms with Crippen LogP contribution in [0.5, 0.6) is 0 Å². The number of benzene rings is 1. The van der Waals surface area contributed by atoms with Crippen molar-refractivity contribution in [2.75, 3.05) is 6.26 Å². The molecular formula is C14H22N2S. The average molecular weight is 250 g/mol. The summed E-state index contributed by atoms with van der Waals surface area (Å²) in [6.45, 7) is 2.23. The highest BCUT2D eigenvalue weighted by molar-refractivity contribution is 7.98. The largest absolute Gasteiger partial charge is 0.328 e. The predicted molar refractivity (Wildman–Crippen MR) is 75.4 cm³/mol. The van der Waals surface area contributed by atoms with E-state index < -0.39 is 0 Å². The van der Waals surface area contributed by atoms with Gasteiger partial charge < -0.3 is 11.1 Å². The molecule has 3 unspecified atom stereocenters. The summed E-state index contributed by atoms with van der Waals surface area (Å²) in [6.07, 6.45) is 5.61. The van der Waals surface area contributed by atoms with Crippen LogP contribution in [0.15, 0.2) is 29.2 Å². The van der Waals surface area contributed by atoms with Crippen molar-refractivity contribution >= 4 is 11.8 Å². The van der Waals surface area contributed by atoms with Crippen molar-refractivity contribution in [2.24, 2.45) is 5.73 Å². The first-order chi connectivity index (χ1) is 8.19. The van der Waals surface area contributed by atoms with E-state index in [2.05, 4.69) is 42.8 Å². The molecule has 1 aromatic rings. The first-order valence-electron chi connectivity index (χ1n) is 6.34. The van der Waals surface area contributed by atoms with Crippen LogP contribution in [0.3, 0.4) is 0 Å². The second kappa shape index (κ2) is 5.89. The van der Waals surface area contributed by atoms with Gasteiger partial charge in [0.25, 0.3) is 0 Å². The Balaban J connectivity index is 1.92. The minimum atomic E-state index is 0.401. The molecule has 0 heterocycles. The number of hydrogen-bond donors (Lipinski definition) is 2. The van der Waals surface area contributed by atoms with Gasteiger partial charge in [0.2, 0.25) is 0 Å². The molecule has 3 N–H and O–H groups in total. The van der Waals surface area contributed by atoms with E-state index in [1.54, 1.807) is 11.8 Å². The van der Waals surface area contributed by atoms with E-state index in [1.807, 2.05) is 0 Å². The van der Waals surface area contributed by atoms with Crippen LogP contribution in [0.4, 0.5) is 0 Å². The summed E-state index contributed by atoms with van der Waals surface area (Å²) in [7, 11) is 0. The zero-order valence-electron chi connectivity index (χ0n) is 10.6. The van der Waals surface area contributed by atoms with Gasteiger partial charge in [0.1, 0.15) is 0 Å². The van der Waals surface area contributed by atoms with Crippen molar-refractivity contribution in [3.63, 3.8) is 0 Å². The van der Waals surface area contributed by atoms with E-state index in [1.165, 1.54) is 16.9 Å². The van der Waals surface area contributed by atoms with Crippen molar-refractivity contribution in [3.8, 4) is 0 Å². The molecule has 0 bridgehead atoms. The molecule has 1 aromatic carbocycles. The van der Waals surface area contributed by atoms with Crippen molar-refractivity contribution in [1.29, 1.82) is 0 Å². The number of hydrogen-bond acceptors (Lipinski definition) is 3. The first kappa shape index (κ1) is 12.9. The predicted octanol–water partition coefficient (Wildman–Crippen LogP) is 2.94. The number of rotatable bonds is 4. The zero-order valence-corrected chi connectivity index (χ0v) is 11.5. The smallest absolute Gasteiger partial charge is 0.0294 e. The molecule has 0 aromatic heterocycles. The van der Waals surface area contributed by atoms with Gasteiger partial charge in [-0.3, -0.25) is 0 Å². The van der Waals surface area contributed by atoms with Gasteiger partial charge >= 0.3 is 0 Å². The molecular weight excluding hydrogens is 228 g/mol. The third-order valence-corrected chi connectivity index (χ3v) is 4.32. The Morgan fingerprint density at radius 2 is 2.00 bits per heavy atom. The van der Waals surface area contributed by atoms with E-state index in [-0.39, 0.29) is 0 Å². The summed E-state index contributed by atoms with van der Waals surface area (Å²) in [4.78, 5) is 1.32. The maximum atomic E-state index is 5.93. The van der Waals surface area contributed by atoms with Gasteiger partial charge in [-0.1, -0.05) is 12.1 Å². The Labute approximate surface area is 108 Å². The van der Waals surface area contributed by atoms with E-state index in [4.69, 9.17) is 5.73 Å². The summed E-state index contributed by atoms with van der Waals surface area (Å²) in [5.41, 5.74) is 7.30. The zero-order chi connectivity index (χ0) is 12.3. The van der Waals surface area contributed by atoms with E-state index in [9.17, 15) is 0 Å². The molecule has 0 saturated heterocycles. The number of nitrogens with one attached hydrogen (secondary N) is 1. The number of nitrogens with two attached hydrogens (primary N) is 1. The first-order valence-corrected chi connectivity index (χ1v) is 7.57. The third-order valence-electron chi connectivity index (χ3n) is 3.57. The van der Waals surface area contributed by atoms with E-state index in [0.29, 0.717) is 18.1 Å². The average Bonchev–Trinajstić information content (AvgIpc) is 2.75. The maximum absolute atomic E-state index is 5.93. The molecule has 3 atom stereocenters. The minimum absolute atomic E-state index is 0.401. The fraction of sp³-hybridized carbons (Fsp3) is 0.571. The van der Waals surface area contributed by atoms with Crippen LogP contribution in [0, 0.1) is 0 Å². The van der Waals surface area contributed by atoms with Crippen LogP contribution in [0.25, 0.3) is 0 Å². The molecule has 0 amide bonds. The van der Waals surface area contributed by atoms with Crippen molar-refractivity contribution < 1.29 is 0 Å². The van der Waals surface area contributed by atoms with Gasteiger partial charge in [0.05, 0.1) is 0 Å². The summed E-state index contributed by atoms with van der Waals surface area (Å²) >= 11 is 1.79. The lowest BCUT2D eigenvalue weighted by Crippen LogP contribution is -2.30. The molecule has 0 aliphatic heterocycles. The third kappa shape index (κ3) is 3.47. The van der Waals surface area contributed by atoms with Gasteiger partial charge in [-0.2, -0.15) is 0 Å². The van der Waals surface area contributed by atoms with Crippen LogP contribution in [0.2, 0.25) is 0 Å². The monoisotopic (exact) mass is 250 g/mol. The SMILES string of the molecule is CSc1ccc(C(C)NC2CCC(N)C2)cc1. The van der Waals surface area contributed by atoms with Crippen LogP contribution in [-0.4, -0.2) is 18.3 Å². The standard InChI is InChI=1S/C14H22N2S/c1-10(16-13-6-5-12(15)9-13)11-3-7-14(17-2)8-4-11/h3-4,7-8,10,12-13,16H,5-6,9,15H2,1-2H3. The van der Waals surface area contributed by atoms with Crippen LogP contribution in [-0.2, 0) is 0 Å². The fourth-order valence-electron chi connectivity index (χ4n) is 2.51. The fourth-order valence-corrected chi connectivity index (χ4v) is 2.92. The summed E-state index contributed by atoms with van der Waals surface area (Å²) in [5.74, 6) is 0. The molecule has 17 heavy (non-hydrogen) atoms. The molecule has 94 valence electrons. The molecule has 1 aliphatic carbocycles. The lowest BCUT2D eigenvalue weighted by atomic mass is 10.1. The second-order valence-corrected chi connectivity index (χ2v) is 5.81. The Morgan fingerprint density at radius 3 is 2.53 bits per heavy atom. The highest BCUT2D eigenvalue weighted by Crippen LogP contribution is 2.23. The van der Waals surface area contributed by atoms with E-state index >= 15 is 0 Å². The lowest BCUT2D eigenvalue weighted by molar-refractivity contribution is 0.457. The highest BCUT2D eigenvalue weighted by Gasteiger charge is 2.22. The Bertz CT molecular complexity index is 350. The minimum Gasteiger partial charge on any atom is -0.328 e. The molecule has 0 spiro atoms. The van der Waals surface area contributed by atoms with Crippen molar-refractivity contribution in [2.45, 2.75) is 49.2 Å². The van der Waals surface area contributed by atoms with Crippen molar-refractivity contribution in [1.82, 2.24) is 5.32 Å². The Hall–Kier alpha value is -0.510. The molecule has 1 saturated carbocycles. The van der Waals surface area contributed by atoms with Crippen LogP contribution < -0.4 is 11.1 Å². The molecule has 0 radical (unpaired) electrons. The topological polar surface area (TPSA) is 38.0 Å². The second-order valence-electron chi connectivity index (χ2n) is 4.93. The van der Waals surface area contributed by atoms with Gasteiger partial charge in [0, 0.05) is 23.0 Å². The maximum Gasteiger partial charge on any atom is 0.0294 e. The van der Waals surface area contributed by atoms with Gasteiger partial charge in [0.15, 0.2) is 0 Å². The summed E-state index contributed by atoms with van der Waals surface area (Å²) in [5, 5.41) is 3.68. The van der Waals surface area contributed by atoms with E-state index in [0.717, 1.165) is 12.8 Å². The summed E-state index contributed by atoms with van der Waals surface area (Å²) < 4.78 is 0. The van der Waals surface area contributed by atoms with Crippen LogP contribution >= 0.6 is 11.8 Å². The van der Waals surface area contributed by atoms with Crippen LogP contribution in [0.1, 0.15) is 37.8 Å². The molecule has 2 rings (SSSR count). The van der Waals surface area contributed by atoms with Gasteiger partial charge in [-0.15, -0.1) is 11.8 Å². The summed E-state index contributed by atoms with van der Waals surface area (Å²) in [6, 6.07) is 10.2. The molecule has 1 aliphatic rings. The van der Waals surface area contributed by atoms with Gasteiger partial charge in [-0.25, -0.2) is 0 Å². The Kier molecular flexibility index (Phi) is 4.48. The van der Waals surface area contributed by atoms with Gasteiger partial charge in [-0.05, 0) is 50.1 Å². The molecule has 2 nitrogen and oxygen atoms in total. The quantitative estimate of drug-likeness (QED) is 0.807. The normalized spacial score (nSPS) is 26.1. The number of thioether (sulfide) groups is 1. The van der Waals surface area contributed by atoms with Crippen molar-refractivity contribution in [3.05, 3.63) is 29.8 Å². The molecule has 3 heteroatoms. The highest BCUT2D eigenvalue weighted by atomic mass is 32.2. The Morgan fingerprint density at radius 1 is 1.29 bits per heavy atom. The lowest BCUT2D eigenvalue weighted by Gasteiger charge is -2.20. The molecule has 1 fully saturated rings.